The Bertz CT molecular complexity index is 914. The second-order valence-electron chi connectivity index (χ2n) is 6.71. The Hall–Kier alpha value is -1.92. The van der Waals surface area contributed by atoms with Crippen LogP contribution in [0, 0.1) is 6.92 Å². The molecule has 1 fully saturated rings. The van der Waals surface area contributed by atoms with Gasteiger partial charge in [0.05, 0.1) is 11.1 Å². The third kappa shape index (κ3) is 3.76. The number of hydrogen-bond donors (Lipinski definition) is 1. The Morgan fingerprint density at radius 3 is 2.77 bits per heavy atom. The van der Waals surface area contributed by atoms with Gasteiger partial charge in [-0.15, -0.1) is 11.3 Å². The lowest BCUT2D eigenvalue weighted by atomic mass is 10.1. The van der Waals surface area contributed by atoms with Gasteiger partial charge in [0.15, 0.2) is 0 Å². The fourth-order valence-electron chi connectivity index (χ4n) is 3.38. The highest BCUT2D eigenvalue weighted by molar-refractivity contribution is 8.00. The van der Waals surface area contributed by atoms with E-state index < -0.39 is 0 Å². The first-order valence-electron chi connectivity index (χ1n) is 8.92. The monoisotopic (exact) mass is 383 g/mol. The van der Waals surface area contributed by atoms with Gasteiger partial charge in [-0.2, -0.15) is 0 Å². The zero-order valence-corrected chi connectivity index (χ0v) is 16.3. The molecule has 0 aliphatic heterocycles. The highest BCUT2D eigenvalue weighted by Crippen LogP contribution is 2.37. The van der Waals surface area contributed by atoms with Crippen LogP contribution in [0.25, 0.3) is 21.3 Å². The van der Waals surface area contributed by atoms with Crippen LogP contribution in [0.5, 0.6) is 0 Å². The zero-order valence-electron chi connectivity index (χ0n) is 14.7. The Morgan fingerprint density at radius 1 is 1.23 bits per heavy atom. The lowest BCUT2D eigenvalue weighted by molar-refractivity contribution is -0.119. The molecular formula is C20H21N3OS2. The van der Waals surface area contributed by atoms with Crippen molar-refractivity contribution in [3.63, 3.8) is 0 Å². The normalized spacial score (nSPS) is 14.8. The number of aryl methyl sites for hydroxylation is 1. The Morgan fingerprint density at radius 2 is 2.00 bits per heavy atom. The van der Waals surface area contributed by atoms with Crippen molar-refractivity contribution in [1.82, 2.24) is 15.3 Å². The molecule has 6 heteroatoms. The van der Waals surface area contributed by atoms with E-state index in [1.807, 2.05) is 0 Å². The van der Waals surface area contributed by atoms with E-state index in [1.165, 1.54) is 30.2 Å². The number of carbonyl (C=O) groups excluding carboxylic acids is 1. The first kappa shape index (κ1) is 17.5. The van der Waals surface area contributed by atoms with Crippen molar-refractivity contribution in [3.8, 4) is 11.1 Å². The smallest absolute Gasteiger partial charge is 0.230 e. The molecule has 4 rings (SSSR count). The summed E-state index contributed by atoms with van der Waals surface area (Å²) in [6.45, 7) is 2.09. The van der Waals surface area contributed by atoms with Crippen LogP contribution in [-0.4, -0.2) is 27.7 Å². The predicted octanol–water partition coefficient (Wildman–Crippen LogP) is 4.82. The molecule has 1 N–H and O–H groups in total. The first-order valence-corrected chi connectivity index (χ1v) is 10.8. The van der Waals surface area contributed by atoms with Gasteiger partial charge in [0, 0.05) is 17.0 Å². The van der Waals surface area contributed by atoms with Crippen molar-refractivity contribution >= 4 is 39.2 Å². The highest BCUT2D eigenvalue weighted by atomic mass is 32.2. The third-order valence-corrected chi connectivity index (χ3v) is 6.63. The minimum absolute atomic E-state index is 0.0979. The third-order valence-electron chi connectivity index (χ3n) is 4.76. The summed E-state index contributed by atoms with van der Waals surface area (Å²) in [6.07, 6.45) is 6.25. The van der Waals surface area contributed by atoms with Crippen LogP contribution >= 0.6 is 23.1 Å². The van der Waals surface area contributed by atoms with Crippen molar-refractivity contribution in [3.05, 3.63) is 41.5 Å². The van der Waals surface area contributed by atoms with E-state index >= 15 is 0 Å². The maximum Gasteiger partial charge on any atom is 0.230 e. The van der Waals surface area contributed by atoms with Crippen molar-refractivity contribution in [2.45, 2.75) is 43.7 Å². The topological polar surface area (TPSA) is 54.9 Å². The number of nitrogens with one attached hydrogen (secondary N) is 1. The molecule has 0 atom stereocenters. The summed E-state index contributed by atoms with van der Waals surface area (Å²) < 4.78 is 0. The van der Waals surface area contributed by atoms with Gasteiger partial charge < -0.3 is 5.32 Å². The molecule has 26 heavy (non-hydrogen) atoms. The quantitative estimate of drug-likeness (QED) is 0.507. The van der Waals surface area contributed by atoms with Crippen LogP contribution in [0.1, 0.15) is 31.2 Å². The van der Waals surface area contributed by atoms with E-state index in [0.29, 0.717) is 11.8 Å². The molecule has 0 spiro atoms. The number of benzene rings is 1. The molecule has 1 saturated carbocycles. The molecule has 0 unspecified atom stereocenters. The molecule has 3 aromatic rings. The molecule has 0 radical (unpaired) electrons. The summed E-state index contributed by atoms with van der Waals surface area (Å²) in [6, 6.07) is 8.85. The zero-order chi connectivity index (χ0) is 17.9. The molecule has 1 aliphatic rings. The number of aromatic nitrogens is 2. The van der Waals surface area contributed by atoms with E-state index in [4.69, 9.17) is 0 Å². The number of amides is 1. The minimum atomic E-state index is 0.0979. The molecule has 2 heterocycles. The molecular weight excluding hydrogens is 362 g/mol. The highest BCUT2D eigenvalue weighted by Gasteiger charge is 2.18. The first-order chi connectivity index (χ1) is 12.7. The fourth-order valence-corrected chi connectivity index (χ4v) is 5.18. The van der Waals surface area contributed by atoms with Gasteiger partial charge in [-0.05, 0) is 25.3 Å². The van der Waals surface area contributed by atoms with Gasteiger partial charge in [0.1, 0.15) is 16.2 Å². The Kier molecular flexibility index (Phi) is 5.22. The van der Waals surface area contributed by atoms with E-state index in [2.05, 4.69) is 51.9 Å². The maximum absolute atomic E-state index is 12.3. The number of nitrogens with zero attached hydrogens (tertiary/aromatic N) is 2. The maximum atomic E-state index is 12.3. The molecule has 0 bridgehead atoms. The van der Waals surface area contributed by atoms with Gasteiger partial charge in [-0.25, -0.2) is 9.97 Å². The van der Waals surface area contributed by atoms with Crippen LogP contribution in [0.2, 0.25) is 0 Å². The molecule has 0 saturated heterocycles. The Labute approximate surface area is 161 Å². The number of hydrogen-bond acceptors (Lipinski definition) is 5. The Balaban J connectivity index is 1.56. The van der Waals surface area contributed by atoms with Gasteiger partial charge in [0.25, 0.3) is 0 Å². The molecule has 1 aromatic carbocycles. The van der Waals surface area contributed by atoms with E-state index in [0.717, 1.165) is 39.2 Å². The molecule has 1 aliphatic carbocycles. The number of fused-ring (bicyclic) bond motifs is 1. The van der Waals surface area contributed by atoms with Gasteiger partial charge in [-0.3, -0.25) is 4.79 Å². The minimum Gasteiger partial charge on any atom is -0.353 e. The van der Waals surface area contributed by atoms with Gasteiger partial charge >= 0.3 is 0 Å². The largest absolute Gasteiger partial charge is 0.353 e. The molecule has 1 amide bonds. The summed E-state index contributed by atoms with van der Waals surface area (Å²) in [5.74, 6) is 0.493. The van der Waals surface area contributed by atoms with Crippen LogP contribution in [0.3, 0.4) is 0 Å². The average Bonchev–Trinajstić information content (AvgIpc) is 3.30. The van der Waals surface area contributed by atoms with E-state index in [9.17, 15) is 4.79 Å². The number of rotatable bonds is 5. The second-order valence-corrected chi connectivity index (χ2v) is 8.53. The van der Waals surface area contributed by atoms with Crippen molar-refractivity contribution in [2.75, 3.05) is 5.75 Å². The lowest BCUT2D eigenvalue weighted by Crippen LogP contribution is -2.33. The standard InChI is InChI=1S/C20H21N3OS2/c1-13-6-8-14(9-7-13)16-10-25-19-18(16)20(22-12-21-19)26-11-17(24)23-15-4-2-3-5-15/h6-10,12,15H,2-5,11H2,1H3,(H,23,24). The van der Waals surface area contributed by atoms with Crippen molar-refractivity contribution in [2.24, 2.45) is 0 Å². The summed E-state index contributed by atoms with van der Waals surface area (Å²) >= 11 is 3.12. The van der Waals surface area contributed by atoms with Gasteiger partial charge in [0.2, 0.25) is 5.91 Å². The average molecular weight is 384 g/mol. The van der Waals surface area contributed by atoms with E-state index in [1.54, 1.807) is 17.7 Å². The molecule has 2 aromatic heterocycles. The SMILES string of the molecule is Cc1ccc(-c2csc3ncnc(SCC(=O)NC4CCCC4)c23)cc1. The lowest BCUT2D eigenvalue weighted by Gasteiger charge is -2.11. The van der Waals surface area contributed by atoms with E-state index in [-0.39, 0.29) is 5.91 Å². The van der Waals surface area contributed by atoms with Gasteiger partial charge in [-0.1, -0.05) is 54.4 Å². The number of carbonyl (C=O) groups is 1. The van der Waals surface area contributed by atoms with Crippen molar-refractivity contribution < 1.29 is 4.79 Å². The number of thioether (sulfide) groups is 1. The molecule has 134 valence electrons. The van der Waals surface area contributed by atoms with Crippen LogP contribution in [-0.2, 0) is 4.79 Å². The summed E-state index contributed by atoms with van der Waals surface area (Å²) in [4.78, 5) is 22.1. The van der Waals surface area contributed by atoms with Crippen molar-refractivity contribution in [1.29, 1.82) is 0 Å². The summed E-state index contributed by atoms with van der Waals surface area (Å²) in [5, 5.41) is 7.21. The fraction of sp³-hybridized carbons (Fsp3) is 0.350. The summed E-state index contributed by atoms with van der Waals surface area (Å²) in [7, 11) is 0. The van der Waals surface area contributed by atoms with Crippen LogP contribution in [0.4, 0.5) is 0 Å². The number of thiophene rings is 1. The summed E-state index contributed by atoms with van der Waals surface area (Å²) in [5.41, 5.74) is 3.54. The molecule has 4 nitrogen and oxygen atoms in total. The predicted molar refractivity (Wildman–Crippen MR) is 109 cm³/mol. The second kappa shape index (κ2) is 7.76. The van der Waals surface area contributed by atoms with Crippen LogP contribution in [0.15, 0.2) is 41.0 Å². The van der Waals surface area contributed by atoms with Crippen LogP contribution < -0.4 is 5.32 Å².